The van der Waals surface area contributed by atoms with Gasteiger partial charge >= 0.3 is 11.9 Å². The van der Waals surface area contributed by atoms with Crippen LogP contribution in [0.2, 0.25) is 0 Å². The number of rotatable bonds is 6. The molecule has 0 aromatic rings. The van der Waals surface area contributed by atoms with Gasteiger partial charge in [-0.3, -0.25) is 9.59 Å². The van der Waals surface area contributed by atoms with Gasteiger partial charge < -0.3 is 29.5 Å². The van der Waals surface area contributed by atoms with Crippen LogP contribution in [-0.4, -0.2) is 63.3 Å². The van der Waals surface area contributed by atoms with Gasteiger partial charge in [0, 0.05) is 25.3 Å². The fourth-order valence-corrected chi connectivity index (χ4v) is 3.95. The van der Waals surface area contributed by atoms with Crippen molar-refractivity contribution in [2.24, 2.45) is 11.8 Å². The number of carbonyl (C=O) groups is 2. The molecule has 1 aliphatic heterocycles. The molecular formula is C17H25ClO8. The van der Waals surface area contributed by atoms with Gasteiger partial charge in [-0.05, 0) is 5.92 Å². The van der Waals surface area contributed by atoms with Crippen LogP contribution in [0.5, 0.6) is 0 Å². The molecule has 148 valence electrons. The molecule has 0 aromatic carbocycles. The molecule has 1 aliphatic carbocycles. The normalized spacial score (nSPS) is 36.2. The summed E-state index contributed by atoms with van der Waals surface area (Å²) in [6, 6.07) is 0. The summed E-state index contributed by atoms with van der Waals surface area (Å²) >= 11 is 5.96. The van der Waals surface area contributed by atoms with Crippen LogP contribution < -0.4 is 0 Å². The standard InChI is InChI=1S/C17H25ClO8/c1-9(2)4-13(21)26-15-14-16(22,11(6-19)7-24-15)5-12(25-10(3)20)17(14,23)8-18/h7,9,12,14-15,19,22-23H,4-6,8H2,1-3H3. The average molecular weight is 393 g/mol. The van der Waals surface area contributed by atoms with E-state index in [1.165, 1.54) is 6.92 Å². The Balaban J connectivity index is 2.40. The number of carbonyl (C=O) groups excluding carboxylic acids is 2. The molecule has 9 heteroatoms. The molecular weight excluding hydrogens is 368 g/mol. The van der Waals surface area contributed by atoms with Crippen LogP contribution in [0.25, 0.3) is 0 Å². The van der Waals surface area contributed by atoms with E-state index in [9.17, 15) is 24.9 Å². The zero-order valence-corrected chi connectivity index (χ0v) is 15.7. The zero-order valence-electron chi connectivity index (χ0n) is 15.0. The zero-order chi connectivity index (χ0) is 19.7. The Kier molecular flexibility index (Phi) is 6.22. The molecule has 1 heterocycles. The smallest absolute Gasteiger partial charge is 0.309 e. The highest BCUT2D eigenvalue weighted by Gasteiger charge is 2.69. The number of alkyl halides is 1. The number of halogens is 1. The van der Waals surface area contributed by atoms with E-state index in [-0.39, 0.29) is 24.3 Å². The van der Waals surface area contributed by atoms with Gasteiger partial charge in [0.15, 0.2) is 0 Å². The van der Waals surface area contributed by atoms with Crippen molar-refractivity contribution in [2.45, 2.75) is 57.2 Å². The highest BCUT2D eigenvalue weighted by atomic mass is 35.5. The largest absolute Gasteiger partial charge is 0.462 e. The van der Waals surface area contributed by atoms with Crippen molar-refractivity contribution in [1.29, 1.82) is 0 Å². The van der Waals surface area contributed by atoms with Gasteiger partial charge in [0.1, 0.15) is 17.3 Å². The average Bonchev–Trinajstić information content (AvgIpc) is 2.75. The van der Waals surface area contributed by atoms with Gasteiger partial charge in [-0.1, -0.05) is 13.8 Å². The first-order valence-corrected chi connectivity index (χ1v) is 8.95. The third-order valence-electron chi connectivity index (χ3n) is 4.80. The Morgan fingerprint density at radius 1 is 1.38 bits per heavy atom. The number of fused-ring (bicyclic) bond motifs is 1. The van der Waals surface area contributed by atoms with Crippen LogP contribution in [0.15, 0.2) is 11.8 Å². The molecule has 5 atom stereocenters. The summed E-state index contributed by atoms with van der Waals surface area (Å²) in [6.45, 7) is 4.29. The molecule has 0 saturated heterocycles. The maximum atomic E-state index is 12.1. The van der Waals surface area contributed by atoms with Crippen molar-refractivity contribution in [1.82, 2.24) is 0 Å². The van der Waals surface area contributed by atoms with Crippen molar-refractivity contribution in [3.63, 3.8) is 0 Å². The van der Waals surface area contributed by atoms with E-state index in [2.05, 4.69) is 0 Å². The Morgan fingerprint density at radius 3 is 2.54 bits per heavy atom. The fourth-order valence-electron chi connectivity index (χ4n) is 3.62. The molecule has 0 aromatic heterocycles. The lowest BCUT2D eigenvalue weighted by atomic mass is 9.77. The first-order chi connectivity index (χ1) is 12.1. The van der Waals surface area contributed by atoms with Crippen molar-refractivity contribution in [3.8, 4) is 0 Å². The topological polar surface area (TPSA) is 123 Å². The number of aliphatic hydroxyl groups is 3. The molecule has 26 heavy (non-hydrogen) atoms. The highest BCUT2D eigenvalue weighted by molar-refractivity contribution is 6.18. The second-order valence-electron chi connectivity index (χ2n) is 7.22. The van der Waals surface area contributed by atoms with E-state index in [1.54, 1.807) is 0 Å². The van der Waals surface area contributed by atoms with Crippen molar-refractivity contribution >= 4 is 23.5 Å². The lowest BCUT2D eigenvalue weighted by Crippen LogP contribution is -2.58. The molecule has 0 radical (unpaired) electrons. The molecule has 8 nitrogen and oxygen atoms in total. The van der Waals surface area contributed by atoms with Crippen LogP contribution in [0, 0.1) is 11.8 Å². The molecule has 3 N–H and O–H groups in total. The minimum absolute atomic E-state index is 0.0396. The maximum Gasteiger partial charge on any atom is 0.309 e. The van der Waals surface area contributed by atoms with Crippen LogP contribution in [-0.2, 0) is 23.8 Å². The van der Waals surface area contributed by atoms with Gasteiger partial charge in [-0.25, -0.2) is 0 Å². The highest BCUT2D eigenvalue weighted by Crippen LogP contribution is 2.53. The fraction of sp³-hybridized carbons (Fsp3) is 0.765. The molecule has 0 bridgehead atoms. The van der Waals surface area contributed by atoms with Crippen LogP contribution in [0.3, 0.4) is 0 Å². The lowest BCUT2D eigenvalue weighted by molar-refractivity contribution is -0.228. The van der Waals surface area contributed by atoms with Crippen LogP contribution >= 0.6 is 11.6 Å². The third-order valence-corrected chi connectivity index (χ3v) is 5.22. The molecule has 1 saturated carbocycles. The summed E-state index contributed by atoms with van der Waals surface area (Å²) < 4.78 is 15.8. The molecule has 5 unspecified atom stereocenters. The van der Waals surface area contributed by atoms with E-state index in [4.69, 9.17) is 25.8 Å². The predicted octanol–water partition coefficient (Wildman–Crippen LogP) is 0.461. The third kappa shape index (κ3) is 3.69. The predicted molar refractivity (Wildman–Crippen MR) is 89.9 cm³/mol. The minimum Gasteiger partial charge on any atom is -0.462 e. The second kappa shape index (κ2) is 7.72. The molecule has 0 amide bonds. The molecule has 2 aliphatic rings. The van der Waals surface area contributed by atoms with E-state index >= 15 is 0 Å². The Hall–Kier alpha value is -1.35. The summed E-state index contributed by atoms with van der Waals surface area (Å²) in [4.78, 5) is 23.5. The van der Waals surface area contributed by atoms with E-state index in [0.717, 1.165) is 6.26 Å². The number of ether oxygens (including phenoxy) is 3. The number of hydrogen-bond acceptors (Lipinski definition) is 8. The monoisotopic (exact) mass is 392 g/mol. The van der Waals surface area contributed by atoms with E-state index < -0.39 is 53.9 Å². The summed E-state index contributed by atoms with van der Waals surface area (Å²) in [7, 11) is 0. The summed E-state index contributed by atoms with van der Waals surface area (Å²) in [5.41, 5.74) is -3.64. The quantitative estimate of drug-likeness (QED) is 0.440. The number of esters is 2. The summed E-state index contributed by atoms with van der Waals surface area (Å²) in [5.74, 6) is -2.83. The molecule has 0 spiro atoms. The minimum atomic E-state index is -1.92. The van der Waals surface area contributed by atoms with Crippen LogP contribution in [0.4, 0.5) is 0 Å². The van der Waals surface area contributed by atoms with Crippen LogP contribution in [0.1, 0.15) is 33.6 Å². The molecule has 1 fully saturated rings. The molecule has 2 rings (SSSR count). The number of aliphatic hydroxyl groups excluding tert-OH is 1. The Bertz CT molecular complexity index is 591. The first kappa shape index (κ1) is 21.0. The van der Waals surface area contributed by atoms with Crippen molar-refractivity contribution in [2.75, 3.05) is 12.5 Å². The van der Waals surface area contributed by atoms with E-state index in [1.807, 2.05) is 13.8 Å². The van der Waals surface area contributed by atoms with E-state index in [0.29, 0.717) is 0 Å². The van der Waals surface area contributed by atoms with Gasteiger partial charge in [-0.15, -0.1) is 11.6 Å². The van der Waals surface area contributed by atoms with Gasteiger partial charge in [0.25, 0.3) is 6.29 Å². The van der Waals surface area contributed by atoms with Gasteiger partial charge in [0.2, 0.25) is 0 Å². The second-order valence-corrected chi connectivity index (χ2v) is 7.49. The Morgan fingerprint density at radius 2 is 2.04 bits per heavy atom. The summed E-state index contributed by atoms with van der Waals surface area (Å²) in [5, 5.41) is 31.8. The van der Waals surface area contributed by atoms with Crippen molar-refractivity contribution < 1.29 is 39.1 Å². The van der Waals surface area contributed by atoms with Gasteiger partial charge in [0.05, 0.1) is 24.7 Å². The maximum absolute atomic E-state index is 12.1. The summed E-state index contributed by atoms with van der Waals surface area (Å²) in [6.07, 6.45) is -1.49. The van der Waals surface area contributed by atoms with Crippen molar-refractivity contribution in [3.05, 3.63) is 11.8 Å². The Labute approximate surface area is 156 Å². The first-order valence-electron chi connectivity index (χ1n) is 8.41. The SMILES string of the molecule is CC(=O)OC1CC2(O)C(CO)=COC(OC(=O)CC(C)C)C2C1(O)CCl. The number of hydrogen-bond donors (Lipinski definition) is 3. The lowest BCUT2D eigenvalue weighted by Gasteiger charge is -2.43. The van der Waals surface area contributed by atoms with Gasteiger partial charge in [-0.2, -0.15) is 0 Å².